The van der Waals surface area contributed by atoms with E-state index in [2.05, 4.69) is 10.3 Å². The summed E-state index contributed by atoms with van der Waals surface area (Å²) in [6, 6.07) is 23.2. The van der Waals surface area contributed by atoms with Crippen LogP contribution in [0.5, 0.6) is 5.75 Å². The molecule has 1 aromatic heterocycles. The fourth-order valence-electron chi connectivity index (χ4n) is 3.01. The zero-order valence-electron chi connectivity index (χ0n) is 16.8. The van der Waals surface area contributed by atoms with E-state index < -0.39 is 0 Å². The molecule has 5 nitrogen and oxygen atoms in total. The molecule has 0 fully saturated rings. The molecule has 0 atom stereocenters. The first-order valence-electron chi connectivity index (χ1n) is 9.60. The number of H-pyrrole nitrogens is 1. The number of nitrogens with zero attached hydrogens (tertiary/aromatic N) is 1. The van der Waals surface area contributed by atoms with E-state index in [4.69, 9.17) is 9.72 Å². The third-order valence-electron chi connectivity index (χ3n) is 4.56. The van der Waals surface area contributed by atoms with Crippen LogP contribution in [-0.4, -0.2) is 28.7 Å². The van der Waals surface area contributed by atoms with E-state index in [9.17, 15) is 9.18 Å². The average molecular weight is 434 g/mol. The molecule has 0 aliphatic carbocycles. The molecular weight excluding hydrogens is 413 g/mol. The van der Waals surface area contributed by atoms with Gasteiger partial charge < -0.3 is 15.0 Å². The Morgan fingerprint density at radius 1 is 1.00 bits per heavy atom. The summed E-state index contributed by atoms with van der Waals surface area (Å²) in [7, 11) is 1.63. The molecule has 2 N–H and O–H groups in total. The van der Waals surface area contributed by atoms with Gasteiger partial charge in [0.25, 0.3) is 0 Å². The van der Waals surface area contributed by atoms with Crippen molar-refractivity contribution in [1.29, 1.82) is 0 Å². The highest BCUT2D eigenvalue weighted by molar-refractivity contribution is 8.00. The summed E-state index contributed by atoms with van der Waals surface area (Å²) >= 11 is 1.34. The lowest BCUT2D eigenvalue weighted by atomic mass is 10.2. The number of halogens is 1. The van der Waals surface area contributed by atoms with Crippen molar-refractivity contribution in [2.45, 2.75) is 5.03 Å². The highest BCUT2D eigenvalue weighted by atomic mass is 32.2. The number of benzene rings is 3. The zero-order chi connectivity index (χ0) is 21.6. The van der Waals surface area contributed by atoms with Crippen molar-refractivity contribution in [3.63, 3.8) is 0 Å². The second-order valence-electron chi connectivity index (χ2n) is 6.70. The van der Waals surface area contributed by atoms with Gasteiger partial charge in [-0.1, -0.05) is 42.1 Å². The van der Waals surface area contributed by atoms with Crippen molar-refractivity contribution in [2.75, 3.05) is 18.2 Å². The van der Waals surface area contributed by atoms with E-state index in [0.29, 0.717) is 11.5 Å². The third-order valence-corrected chi connectivity index (χ3v) is 5.54. The normalized spacial score (nSPS) is 10.6. The predicted molar refractivity (Wildman–Crippen MR) is 122 cm³/mol. The lowest BCUT2D eigenvalue weighted by molar-refractivity contribution is -0.113. The number of hydrogen-bond acceptors (Lipinski definition) is 4. The van der Waals surface area contributed by atoms with Gasteiger partial charge in [-0.05, 0) is 48.5 Å². The molecule has 3 aromatic carbocycles. The molecule has 0 radical (unpaired) electrons. The van der Waals surface area contributed by atoms with Crippen LogP contribution in [0.4, 0.5) is 10.1 Å². The van der Waals surface area contributed by atoms with Crippen LogP contribution in [0.2, 0.25) is 0 Å². The van der Waals surface area contributed by atoms with Crippen LogP contribution < -0.4 is 10.1 Å². The standard InChI is InChI=1S/C24H20FN3O2S/c1-30-20-13-7-17(8-14-20)23-27-22(16-5-3-2-4-6-16)24(28-23)31-15-21(29)26-19-11-9-18(25)10-12-19/h2-14H,15H2,1H3,(H,26,29)(H,27,28). The van der Waals surface area contributed by atoms with Gasteiger partial charge in [-0.3, -0.25) is 4.79 Å². The summed E-state index contributed by atoms with van der Waals surface area (Å²) in [6.45, 7) is 0. The average Bonchev–Trinajstić information content (AvgIpc) is 3.24. The van der Waals surface area contributed by atoms with Gasteiger partial charge in [0, 0.05) is 16.8 Å². The van der Waals surface area contributed by atoms with E-state index in [1.54, 1.807) is 7.11 Å². The number of amides is 1. The second kappa shape index (κ2) is 9.49. The van der Waals surface area contributed by atoms with Crippen LogP contribution in [0.1, 0.15) is 0 Å². The first-order chi connectivity index (χ1) is 15.1. The molecule has 7 heteroatoms. The van der Waals surface area contributed by atoms with Crippen LogP contribution in [0.25, 0.3) is 22.6 Å². The largest absolute Gasteiger partial charge is 0.497 e. The van der Waals surface area contributed by atoms with Gasteiger partial charge in [-0.2, -0.15) is 0 Å². The van der Waals surface area contributed by atoms with E-state index in [1.165, 1.54) is 36.0 Å². The number of carbonyl (C=O) groups excluding carboxylic acids is 1. The number of aromatic nitrogens is 2. The Morgan fingerprint density at radius 2 is 1.71 bits per heavy atom. The predicted octanol–water partition coefficient (Wildman–Crippen LogP) is 5.62. The molecule has 0 unspecified atom stereocenters. The Balaban J connectivity index is 1.55. The van der Waals surface area contributed by atoms with Gasteiger partial charge in [-0.15, -0.1) is 0 Å². The maximum Gasteiger partial charge on any atom is 0.234 e. The molecule has 0 bridgehead atoms. The van der Waals surface area contributed by atoms with E-state index in [1.807, 2.05) is 54.6 Å². The van der Waals surface area contributed by atoms with Crippen LogP contribution >= 0.6 is 11.8 Å². The van der Waals surface area contributed by atoms with Crippen LogP contribution in [-0.2, 0) is 4.79 Å². The lowest BCUT2D eigenvalue weighted by Gasteiger charge is -2.05. The van der Waals surface area contributed by atoms with Gasteiger partial charge in [0.15, 0.2) is 0 Å². The second-order valence-corrected chi connectivity index (χ2v) is 7.67. The quantitative estimate of drug-likeness (QED) is 0.371. The first-order valence-corrected chi connectivity index (χ1v) is 10.6. The Bertz CT molecular complexity index is 1160. The molecule has 0 saturated carbocycles. The SMILES string of the molecule is COc1ccc(-c2nc(SCC(=O)Nc3ccc(F)cc3)c(-c3ccccc3)[nH]2)cc1. The number of hydrogen-bond donors (Lipinski definition) is 2. The number of anilines is 1. The van der Waals surface area contributed by atoms with Gasteiger partial charge in [0.1, 0.15) is 22.4 Å². The van der Waals surface area contributed by atoms with Crippen molar-refractivity contribution in [2.24, 2.45) is 0 Å². The number of ether oxygens (including phenoxy) is 1. The number of rotatable bonds is 7. The first kappa shape index (κ1) is 20.7. The molecule has 31 heavy (non-hydrogen) atoms. The molecule has 0 spiro atoms. The van der Waals surface area contributed by atoms with Crippen LogP contribution in [0.15, 0.2) is 83.9 Å². The third kappa shape index (κ3) is 5.13. The molecule has 4 aromatic rings. The summed E-state index contributed by atoms with van der Waals surface area (Å²) in [5, 5.41) is 3.50. The molecule has 4 rings (SSSR count). The van der Waals surface area contributed by atoms with E-state index in [-0.39, 0.29) is 17.5 Å². The summed E-state index contributed by atoms with van der Waals surface area (Å²) in [5.41, 5.74) is 3.30. The maximum absolute atomic E-state index is 13.0. The monoisotopic (exact) mass is 433 g/mol. The Morgan fingerprint density at radius 3 is 2.39 bits per heavy atom. The molecule has 1 amide bonds. The smallest absolute Gasteiger partial charge is 0.234 e. The van der Waals surface area contributed by atoms with Crippen molar-refractivity contribution in [3.8, 4) is 28.4 Å². The zero-order valence-corrected chi connectivity index (χ0v) is 17.6. The minimum atomic E-state index is -0.345. The highest BCUT2D eigenvalue weighted by Crippen LogP contribution is 2.33. The molecular formula is C24H20FN3O2S. The molecule has 1 heterocycles. The summed E-state index contributed by atoms with van der Waals surface area (Å²) < 4.78 is 18.3. The number of nitrogens with one attached hydrogen (secondary N) is 2. The minimum absolute atomic E-state index is 0.171. The van der Waals surface area contributed by atoms with Gasteiger partial charge in [0.2, 0.25) is 5.91 Å². The maximum atomic E-state index is 13.0. The van der Waals surface area contributed by atoms with Crippen molar-refractivity contribution >= 4 is 23.4 Å². The molecule has 156 valence electrons. The van der Waals surface area contributed by atoms with Gasteiger partial charge in [-0.25, -0.2) is 9.37 Å². The van der Waals surface area contributed by atoms with Crippen molar-refractivity contribution < 1.29 is 13.9 Å². The Kier molecular flexibility index (Phi) is 6.33. The van der Waals surface area contributed by atoms with Crippen LogP contribution in [0.3, 0.4) is 0 Å². The highest BCUT2D eigenvalue weighted by Gasteiger charge is 2.16. The van der Waals surface area contributed by atoms with Gasteiger partial charge in [0.05, 0.1) is 18.6 Å². The molecule has 0 saturated heterocycles. The molecule has 0 aliphatic heterocycles. The number of carbonyl (C=O) groups is 1. The summed E-state index contributed by atoms with van der Waals surface area (Å²) in [4.78, 5) is 20.5. The lowest BCUT2D eigenvalue weighted by Crippen LogP contribution is -2.14. The Hall–Kier alpha value is -3.58. The van der Waals surface area contributed by atoms with Crippen molar-refractivity contribution in [3.05, 3.63) is 84.7 Å². The fourth-order valence-corrected chi connectivity index (χ4v) is 3.82. The number of imidazole rings is 1. The number of methoxy groups -OCH3 is 1. The number of aromatic amines is 1. The van der Waals surface area contributed by atoms with E-state index >= 15 is 0 Å². The molecule has 0 aliphatic rings. The van der Waals surface area contributed by atoms with Crippen molar-refractivity contribution in [1.82, 2.24) is 9.97 Å². The van der Waals surface area contributed by atoms with Crippen LogP contribution in [0, 0.1) is 5.82 Å². The number of thioether (sulfide) groups is 1. The summed E-state index contributed by atoms with van der Waals surface area (Å²) in [5.74, 6) is 1.12. The Labute approximate surface area is 183 Å². The fraction of sp³-hybridized carbons (Fsp3) is 0.0833. The topological polar surface area (TPSA) is 67.0 Å². The summed E-state index contributed by atoms with van der Waals surface area (Å²) in [6.07, 6.45) is 0. The van der Waals surface area contributed by atoms with E-state index in [0.717, 1.165) is 27.6 Å². The van der Waals surface area contributed by atoms with Gasteiger partial charge >= 0.3 is 0 Å². The minimum Gasteiger partial charge on any atom is -0.497 e.